The Morgan fingerprint density at radius 3 is 2.31 bits per heavy atom. The lowest BCUT2D eigenvalue weighted by molar-refractivity contribution is -0.146. The fourth-order valence-electron chi connectivity index (χ4n) is 4.67. The first-order valence-corrected chi connectivity index (χ1v) is 14.9. The molecule has 0 radical (unpaired) electrons. The highest BCUT2D eigenvalue weighted by atomic mass is 32.1. The van der Waals surface area contributed by atoms with E-state index in [4.69, 9.17) is 9.47 Å². The van der Waals surface area contributed by atoms with Crippen LogP contribution < -0.4 is 16.0 Å². The van der Waals surface area contributed by atoms with Crippen LogP contribution in [0.3, 0.4) is 0 Å². The number of ketones is 2. The molecule has 1 heterocycles. The summed E-state index contributed by atoms with van der Waals surface area (Å²) >= 11 is 1.12. The van der Waals surface area contributed by atoms with Gasteiger partial charge in [0.15, 0.2) is 0 Å². The Labute approximate surface area is 248 Å². The fraction of sp³-hybridized carbons (Fsp3) is 0.467. The molecule has 11 nitrogen and oxygen atoms in total. The third-order valence-corrected chi connectivity index (χ3v) is 7.69. The number of benzene rings is 1. The standard InChI is InChI=1S/C30H37N3O8S/c1-2-41-25(34)17-31-29(38)26(35)23(19-40-18-21-12-7-4-8-13-21)33-28(37)22(16-20-10-5-3-6-11-20)32-30(39)27(36)24-14-9-15-42-24/h4,7-9,12-15,20,22-23H,2-3,5-6,10-11,16-19H2,1H3,(H,31,38)(H,32,39)(H,33,37)/t22-,23-/m0/s1. The first-order chi connectivity index (χ1) is 20.3. The summed E-state index contributed by atoms with van der Waals surface area (Å²) in [7, 11) is 0. The largest absolute Gasteiger partial charge is 0.465 e. The van der Waals surface area contributed by atoms with Gasteiger partial charge in [0.2, 0.25) is 11.7 Å². The summed E-state index contributed by atoms with van der Waals surface area (Å²) in [6, 6.07) is 9.77. The number of esters is 1. The van der Waals surface area contributed by atoms with Gasteiger partial charge >= 0.3 is 5.97 Å². The molecule has 226 valence electrons. The van der Waals surface area contributed by atoms with Crippen LogP contribution in [0.1, 0.15) is 60.7 Å². The smallest absolute Gasteiger partial charge is 0.325 e. The van der Waals surface area contributed by atoms with Crippen molar-refractivity contribution in [2.45, 2.75) is 64.1 Å². The van der Waals surface area contributed by atoms with Crippen LogP contribution in [0.4, 0.5) is 0 Å². The first-order valence-electron chi connectivity index (χ1n) is 14.1. The normalized spacial score (nSPS) is 14.7. The van der Waals surface area contributed by atoms with Gasteiger partial charge in [-0.3, -0.25) is 28.8 Å². The van der Waals surface area contributed by atoms with E-state index in [0.29, 0.717) is 0 Å². The summed E-state index contributed by atoms with van der Waals surface area (Å²) in [4.78, 5) is 76.6. The number of ether oxygens (including phenoxy) is 2. The molecule has 3 rings (SSSR count). The average Bonchev–Trinajstić information content (AvgIpc) is 3.54. The maximum Gasteiger partial charge on any atom is 0.325 e. The van der Waals surface area contributed by atoms with Gasteiger partial charge in [0.05, 0.1) is 24.7 Å². The molecule has 1 fully saturated rings. The fourth-order valence-corrected chi connectivity index (χ4v) is 5.33. The minimum absolute atomic E-state index is 0.109. The molecule has 2 atom stereocenters. The number of Topliss-reactive ketones (excluding diaryl/α,β-unsaturated/α-hetero) is 2. The molecular formula is C30H37N3O8S. The Kier molecular flexibility index (Phi) is 13.3. The zero-order valence-electron chi connectivity index (χ0n) is 23.6. The van der Waals surface area contributed by atoms with E-state index in [9.17, 15) is 28.8 Å². The summed E-state index contributed by atoms with van der Waals surface area (Å²) in [5.74, 6) is -5.11. The first kappa shape index (κ1) is 32.6. The van der Waals surface area contributed by atoms with Gasteiger partial charge in [0.25, 0.3) is 17.6 Å². The highest BCUT2D eigenvalue weighted by molar-refractivity contribution is 7.13. The molecule has 42 heavy (non-hydrogen) atoms. The Bertz CT molecular complexity index is 1210. The topological polar surface area (TPSA) is 157 Å². The quantitative estimate of drug-likeness (QED) is 0.151. The molecule has 0 aliphatic heterocycles. The van der Waals surface area contributed by atoms with Crippen molar-refractivity contribution in [3.8, 4) is 0 Å². The molecule has 12 heteroatoms. The summed E-state index contributed by atoms with van der Waals surface area (Å²) < 4.78 is 10.4. The number of hydrogen-bond donors (Lipinski definition) is 3. The van der Waals surface area contributed by atoms with Crippen LogP contribution in [0.15, 0.2) is 47.8 Å². The number of nitrogens with one attached hydrogen (secondary N) is 3. The maximum absolute atomic E-state index is 13.5. The van der Waals surface area contributed by atoms with Crippen LogP contribution in [-0.2, 0) is 40.1 Å². The lowest BCUT2D eigenvalue weighted by Gasteiger charge is -2.27. The van der Waals surface area contributed by atoms with Crippen molar-refractivity contribution >= 4 is 46.6 Å². The molecule has 2 aromatic rings. The Morgan fingerprint density at radius 2 is 1.64 bits per heavy atom. The number of thiophene rings is 1. The zero-order valence-corrected chi connectivity index (χ0v) is 24.4. The summed E-state index contributed by atoms with van der Waals surface area (Å²) in [6.07, 6.45) is 5.10. The van der Waals surface area contributed by atoms with Crippen LogP contribution in [0.5, 0.6) is 0 Å². The molecule has 1 saturated carbocycles. The monoisotopic (exact) mass is 599 g/mol. The van der Waals surface area contributed by atoms with E-state index in [-0.39, 0.29) is 37.0 Å². The van der Waals surface area contributed by atoms with Crippen LogP contribution in [0.2, 0.25) is 0 Å². The molecule has 1 aliphatic carbocycles. The molecule has 0 bridgehead atoms. The predicted molar refractivity (Wildman–Crippen MR) is 154 cm³/mol. The second kappa shape index (κ2) is 17.1. The molecule has 1 aliphatic rings. The van der Waals surface area contributed by atoms with E-state index < -0.39 is 53.9 Å². The number of amides is 3. The lowest BCUT2D eigenvalue weighted by atomic mass is 9.84. The molecule has 0 saturated heterocycles. The van der Waals surface area contributed by atoms with E-state index in [1.165, 1.54) is 6.07 Å². The highest BCUT2D eigenvalue weighted by Gasteiger charge is 2.33. The lowest BCUT2D eigenvalue weighted by Crippen LogP contribution is -2.56. The third-order valence-electron chi connectivity index (χ3n) is 6.82. The third kappa shape index (κ3) is 10.5. The minimum Gasteiger partial charge on any atom is -0.465 e. The van der Waals surface area contributed by atoms with Crippen LogP contribution in [0.25, 0.3) is 0 Å². The molecule has 0 spiro atoms. The SMILES string of the molecule is CCOC(=O)CNC(=O)C(=O)[C@H](COCc1ccccc1)NC(=O)[C@H](CC1CCCCC1)NC(=O)C(=O)c1cccs1. The molecule has 1 aromatic carbocycles. The second-order valence-electron chi connectivity index (χ2n) is 9.99. The van der Waals surface area contributed by atoms with E-state index in [2.05, 4.69) is 16.0 Å². The Morgan fingerprint density at radius 1 is 0.905 bits per heavy atom. The van der Waals surface area contributed by atoms with Gasteiger partial charge in [-0.25, -0.2) is 0 Å². The predicted octanol–water partition coefficient (Wildman–Crippen LogP) is 2.34. The second-order valence-corrected chi connectivity index (χ2v) is 10.9. The van der Waals surface area contributed by atoms with Gasteiger partial charge in [-0.1, -0.05) is 68.5 Å². The Hall–Kier alpha value is -3.90. The minimum atomic E-state index is -1.41. The van der Waals surface area contributed by atoms with Crippen molar-refractivity contribution < 1.29 is 38.2 Å². The van der Waals surface area contributed by atoms with Crippen LogP contribution in [0, 0.1) is 5.92 Å². The molecule has 3 amide bonds. The average molecular weight is 600 g/mol. The van der Waals surface area contributed by atoms with Gasteiger partial charge in [-0.2, -0.15) is 0 Å². The van der Waals surface area contributed by atoms with Gasteiger partial charge in [0.1, 0.15) is 18.6 Å². The van der Waals surface area contributed by atoms with Gasteiger partial charge in [-0.15, -0.1) is 11.3 Å². The van der Waals surface area contributed by atoms with E-state index in [0.717, 1.165) is 49.0 Å². The van der Waals surface area contributed by atoms with Crippen LogP contribution >= 0.6 is 11.3 Å². The number of carbonyl (C=O) groups excluding carboxylic acids is 6. The van der Waals surface area contributed by atoms with E-state index in [1.54, 1.807) is 18.4 Å². The van der Waals surface area contributed by atoms with Crippen molar-refractivity contribution in [1.82, 2.24) is 16.0 Å². The van der Waals surface area contributed by atoms with Crippen LogP contribution in [-0.4, -0.2) is 67.1 Å². The van der Waals surface area contributed by atoms with E-state index >= 15 is 0 Å². The van der Waals surface area contributed by atoms with Crippen molar-refractivity contribution in [1.29, 1.82) is 0 Å². The van der Waals surface area contributed by atoms with Crippen molar-refractivity contribution in [2.75, 3.05) is 19.8 Å². The molecule has 0 unspecified atom stereocenters. The summed E-state index contributed by atoms with van der Waals surface area (Å²) in [6.45, 7) is 0.969. The summed E-state index contributed by atoms with van der Waals surface area (Å²) in [5.41, 5.74) is 0.816. The highest BCUT2D eigenvalue weighted by Crippen LogP contribution is 2.27. The van der Waals surface area contributed by atoms with Crippen molar-refractivity contribution in [2.24, 2.45) is 5.92 Å². The zero-order chi connectivity index (χ0) is 30.3. The molecular weight excluding hydrogens is 562 g/mol. The van der Waals surface area contributed by atoms with Crippen molar-refractivity contribution in [3.05, 3.63) is 58.3 Å². The molecule has 3 N–H and O–H groups in total. The maximum atomic E-state index is 13.5. The van der Waals surface area contributed by atoms with Crippen molar-refractivity contribution in [3.63, 3.8) is 0 Å². The van der Waals surface area contributed by atoms with Gasteiger partial charge in [-0.05, 0) is 36.3 Å². The number of carbonyl (C=O) groups is 6. The van der Waals surface area contributed by atoms with E-state index in [1.807, 2.05) is 30.3 Å². The number of hydrogen-bond acceptors (Lipinski definition) is 9. The number of rotatable bonds is 16. The van der Waals surface area contributed by atoms with Gasteiger partial charge in [0, 0.05) is 0 Å². The van der Waals surface area contributed by atoms with Gasteiger partial charge < -0.3 is 25.4 Å². The Balaban J connectivity index is 1.73. The summed E-state index contributed by atoms with van der Waals surface area (Å²) in [5, 5.41) is 8.98. The molecule has 1 aromatic heterocycles.